The molecule has 35 heavy (non-hydrogen) atoms. The molecule has 0 heterocycles. The van der Waals surface area contributed by atoms with Crippen molar-refractivity contribution in [2.45, 2.75) is 23.5 Å². The van der Waals surface area contributed by atoms with Gasteiger partial charge in [0, 0.05) is 16.3 Å². The highest BCUT2D eigenvalue weighted by molar-refractivity contribution is 8.00. The molecule has 3 N–H and O–H groups in total. The van der Waals surface area contributed by atoms with Crippen molar-refractivity contribution in [3.05, 3.63) is 102 Å². The first kappa shape index (κ1) is 24.0. The Balaban J connectivity index is 1.45. The largest absolute Gasteiger partial charge is 0.478 e. The number of anilines is 2. The standard InChI is InChI=1S/C28H24N2O4S/c1-2-25(27(32)30-21-15-14-18-8-3-4-9-19(18)16-21)35-22-11-7-10-20(17-22)29-26(31)23-12-5-6-13-24(23)28(33)34/h3-17,25H,2H2,1H3,(H,29,31)(H,30,32)(H,33,34). The molecule has 0 radical (unpaired) electrons. The predicted octanol–water partition coefficient (Wildman–Crippen LogP) is 6.30. The number of hydrogen-bond donors (Lipinski definition) is 3. The van der Waals surface area contributed by atoms with Crippen LogP contribution in [-0.4, -0.2) is 28.1 Å². The van der Waals surface area contributed by atoms with Gasteiger partial charge in [0.05, 0.1) is 16.4 Å². The van der Waals surface area contributed by atoms with E-state index < -0.39 is 11.9 Å². The predicted molar refractivity (Wildman–Crippen MR) is 140 cm³/mol. The van der Waals surface area contributed by atoms with Gasteiger partial charge < -0.3 is 15.7 Å². The average molecular weight is 485 g/mol. The van der Waals surface area contributed by atoms with E-state index in [-0.39, 0.29) is 22.3 Å². The van der Waals surface area contributed by atoms with E-state index >= 15 is 0 Å². The third kappa shape index (κ3) is 5.88. The van der Waals surface area contributed by atoms with Crippen LogP contribution in [0.2, 0.25) is 0 Å². The molecule has 0 fully saturated rings. The van der Waals surface area contributed by atoms with Gasteiger partial charge in [-0.1, -0.05) is 55.5 Å². The van der Waals surface area contributed by atoms with Crippen molar-refractivity contribution in [1.29, 1.82) is 0 Å². The van der Waals surface area contributed by atoms with Crippen LogP contribution in [0, 0.1) is 0 Å². The van der Waals surface area contributed by atoms with Crippen LogP contribution >= 0.6 is 11.8 Å². The van der Waals surface area contributed by atoms with Crippen molar-refractivity contribution in [3.63, 3.8) is 0 Å². The van der Waals surface area contributed by atoms with E-state index in [2.05, 4.69) is 10.6 Å². The van der Waals surface area contributed by atoms with Gasteiger partial charge in [0.1, 0.15) is 0 Å². The second-order valence-corrected chi connectivity index (χ2v) is 9.17. The molecule has 4 aromatic carbocycles. The molecule has 2 amide bonds. The van der Waals surface area contributed by atoms with Crippen molar-refractivity contribution in [2.24, 2.45) is 0 Å². The molecule has 4 rings (SSSR count). The van der Waals surface area contributed by atoms with E-state index in [4.69, 9.17) is 0 Å². The van der Waals surface area contributed by atoms with Gasteiger partial charge in [-0.2, -0.15) is 0 Å². The Morgan fingerprint density at radius 3 is 2.20 bits per heavy atom. The third-order valence-electron chi connectivity index (χ3n) is 5.45. The number of fused-ring (bicyclic) bond motifs is 1. The smallest absolute Gasteiger partial charge is 0.336 e. The topological polar surface area (TPSA) is 95.5 Å². The fourth-order valence-corrected chi connectivity index (χ4v) is 4.70. The summed E-state index contributed by atoms with van der Waals surface area (Å²) in [4.78, 5) is 37.9. The maximum atomic E-state index is 13.0. The van der Waals surface area contributed by atoms with Gasteiger partial charge in [-0.15, -0.1) is 11.8 Å². The monoisotopic (exact) mass is 484 g/mol. The van der Waals surface area contributed by atoms with Gasteiger partial charge in [-0.3, -0.25) is 9.59 Å². The fraction of sp³-hybridized carbons (Fsp3) is 0.107. The molecule has 7 heteroatoms. The lowest BCUT2D eigenvalue weighted by Crippen LogP contribution is -2.24. The summed E-state index contributed by atoms with van der Waals surface area (Å²) in [5, 5.41) is 16.9. The minimum Gasteiger partial charge on any atom is -0.478 e. The van der Waals surface area contributed by atoms with Gasteiger partial charge in [0.15, 0.2) is 0 Å². The normalized spacial score (nSPS) is 11.6. The van der Waals surface area contributed by atoms with E-state index in [1.54, 1.807) is 30.3 Å². The first-order chi connectivity index (χ1) is 16.9. The van der Waals surface area contributed by atoms with E-state index in [9.17, 15) is 19.5 Å². The zero-order valence-electron chi connectivity index (χ0n) is 19.0. The van der Waals surface area contributed by atoms with E-state index in [1.165, 1.54) is 23.9 Å². The number of rotatable bonds is 8. The molecule has 6 nitrogen and oxygen atoms in total. The summed E-state index contributed by atoms with van der Waals surface area (Å²) >= 11 is 1.41. The number of carbonyl (C=O) groups excluding carboxylic acids is 2. The lowest BCUT2D eigenvalue weighted by atomic mass is 10.1. The van der Waals surface area contributed by atoms with Gasteiger partial charge in [-0.25, -0.2) is 4.79 Å². The summed E-state index contributed by atoms with van der Waals surface area (Å²) < 4.78 is 0. The second-order valence-electron chi connectivity index (χ2n) is 7.90. The zero-order valence-corrected chi connectivity index (χ0v) is 19.8. The molecule has 4 aromatic rings. The van der Waals surface area contributed by atoms with Gasteiger partial charge in [-0.05, 0) is 59.7 Å². The summed E-state index contributed by atoms with van der Waals surface area (Å²) in [5.41, 5.74) is 1.28. The van der Waals surface area contributed by atoms with Crippen LogP contribution < -0.4 is 10.6 Å². The molecule has 0 spiro atoms. The van der Waals surface area contributed by atoms with Gasteiger partial charge >= 0.3 is 5.97 Å². The number of amides is 2. The van der Waals surface area contributed by atoms with Crippen molar-refractivity contribution in [3.8, 4) is 0 Å². The molecule has 0 saturated heterocycles. The summed E-state index contributed by atoms with van der Waals surface area (Å²) in [7, 11) is 0. The second kappa shape index (κ2) is 10.9. The first-order valence-corrected chi connectivity index (χ1v) is 12.0. The van der Waals surface area contributed by atoms with Crippen LogP contribution in [0.15, 0.2) is 95.9 Å². The summed E-state index contributed by atoms with van der Waals surface area (Å²) in [6.45, 7) is 1.95. The van der Waals surface area contributed by atoms with Crippen molar-refractivity contribution in [1.82, 2.24) is 0 Å². The molecule has 176 valence electrons. The summed E-state index contributed by atoms with van der Waals surface area (Å²) in [5.74, 6) is -1.77. The number of benzene rings is 4. The number of carboxylic acids is 1. The minimum atomic E-state index is -1.16. The van der Waals surface area contributed by atoms with E-state index in [0.29, 0.717) is 12.1 Å². The van der Waals surface area contributed by atoms with Gasteiger partial charge in [0.2, 0.25) is 5.91 Å². The molecular formula is C28H24N2O4S. The molecule has 0 aromatic heterocycles. The van der Waals surface area contributed by atoms with Crippen LogP contribution in [-0.2, 0) is 4.79 Å². The Morgan fingerprint density at radius 1 is 0.771 bits per heavy atom. The number of thioether (sulfide) groups is 1. The van der Waals surface area contributed by atoms with E-state index in [1.807, 2.05) is 55.5 Å². The Labute approximate surface area is 207 Å². The lowest BCUT2D eigenvalue weighted by molar-refractivity contribution is -0.115. The highest BCUT2D eigenvalue weighted by Crippen LogP contribution is 2.29. The SMILES string of the molecule is CCC(Sc1cccc(NC(=O)c2ccccc2C(=O)O)c1)C(=O)Nc1ccc2ccccc2c1. The number of aromatic carboxylic acids is 1. The van der Waals surface area contributed by atoms with Crippen molar-refractivity contribution in [2.75, 3.05) is 10.6 Å². The maximum absolute atomic E-state index is 13.0. The Morgan fingerprint density at radius 2 is 1.46 bits per heavy atom. The maximum Gasteiger partial charge on any atom is 0.336 e. The molecule has 0 aliphatic rings. The van der Waals surface area contributed by atoms with Crippen LogP contribution in [0.1, 0.15) is 34.1 Å². The molecule has 1 unspecified atom stereocenters. The average Bonchev–Trinajstić information content (AvgIpc) is 2.87. The van der Waals surface area contributed by atoms with Gasteiger partial charge in [0.25, 0.3) is 5.91 Å². The Kier molecular flexibility index (Phi) is 7.48. The molecule has 0 saturated carbocycles. The molecule has 1 atom stereocenters. The van der Waals surface area contributed by atoms with Crippen molar-refractivity contribution >= 4 is 51.7 Å². The van der Waals surface area contributed by atoms with Crippen LogP contribution in [0.3, 0.4) is 0 Å². The Hall–Kier alpha value is -4.10. The molecule has 0 aliphatic carbocycles. The highest BCUT2D eigenvalue weighted by Gasteiger charge is 2.19. The van der Waals surface area contributed by atoms with Crippen molar-refractivity contribution < 1.29 is 19.5 Å². The third-order valence-corrected chi connectivity index (χ3v) is 6.81. The number of carbonyl (C=O) groups is 3. The molecule has 0 aliphatic heterocycles. The number of hydrogen-bond acceptors (Lipinski definition) is 4. The summed E-state index contributed by atoms with van der Waals surface area (Å²) in [6, 6.07) is 27.0. The Bertz CT molecular complexity index is 1400. The van der Waals surface area contributed by atoms with E-state index in [0.717, 1.165) is 21.4 Å². The number of nitrogens with one attached hydrogen (secondary N) is 2. The van der Waals surface area contributed by atoms with Crippen LogP contribution in [0.25, 0.3) is 10.8 Å². The zero-order chi connectivity index (χ0) is 24.8. The number of carboxylic acid groups (broad SMARTS) is 1. The molecular weight excluding hydrogens is 460 g/mol. The van der Waals surface area contributed by atoms with Crippen LogP contribution in [0.4, 0.5) is 11.4 Å². The minimum absolute atomic E-state index is 0.0630. The lowest BCUT2D eigenvalue weighted by Gasteiger charge is -2.16. The quantitative estimate of drug-likeness (QED) is 0.255. The fourth-order valence-electron chi connectivity index (χ4n) is 3.69. The first-order valence-electron chi connectivity index (χ1n) is 11.1. The highest BCUT2D eigenvalue weighted by atomic mass is 32.2. The van der Waals surface area contributed by atoms with Crippen LogP contribution in [0.5, 0.6) is 0 Å². The summed E-state index contributed by atoms with van der Waals surface area (Å²) in [6.07, 6.45) is 0.618. The molecule has 0 bridgehead atoms.